The molecule has 1 aromatic carbocycles. The minimum atomic E-state index is -0.918. The molecule has 1 aliphatic carbocycles. The third kappa shape index (κ3) is 3.92. The van der Waals surface area contributed by atoms with E-state index in [1.807, 2.05) is 0 Å². The Morgan fingerprint density at radius 3 is 2.55 bits per heavy atom. The Kier molecular flexibility index (Phi) is 4.93. The summed E-state index contributed by atoms with van der Waals surface area (Å²) in [5.74, 6) is -0.163. The van der Waals surface area contributed by atoms with Gasteiger partial charge in [0.05, 0.1) is 0 Å². The van der Waals surface area contributed by atoms with Crippen LogP contribution in [0.1, 0.15) is 39.0 Å². The van der Waals surface area contributed by atoms with Gasteiger partial charge in [0.15, 0.2) is 11.6 Å². The van der Waals surface area contributed by atoms with Crippen molar-refractivity contribution in [3.05, 3.63) is 29.8 Å². The highest BCUT2D eigenvalue weighted by Crippen LogP contribution is 2.30. The van der Waals surface area contributed by atoms with Gasteiger partial charge in [-0.25, -0.2) is 8.78 Å². The van der Waals surface area contributed by atoms with E-state index in [-0.39, 0.29) is 0 Å². The molecule has 1 saturated carbocycles. The van der Waals surface area contributed by atoms with Crippen LogP contribution in [0.4, 0.5) is 14.5 Å². The van der Waals surface area contributed by atoms with Crippen LogP contribution in [0.3, 0.4) is 0 Å². The molecule has 0 spiro atoms. The van der Waals surface area contributed by atoms with Crippen LogP contribution in [-0.4, -0.2) is 11.0 Å². The van der Waals surface area contributed by atoms with Crippen molar-refractivity contribution >= 4 is 11.5 Å². The molecule has 1 aliphatic rings. The predicted molar refractivity (Wildman–Crippen MR) is 74.9 cm³/mol. The zero-order valence-electron chi connectivity index (χ0n) is 11.6. The summed E-state index contributed by atoms with van der Waals surface area (Å²) in [4.78, 5) is 0. The number of rotatable bonds is 3. The van der Waals surface area contributed by atoms with E-state index in [0.717, 1.165) is 30.9 Å². The summed E-state index contributed by atoms with van der Waals surface area (Å²) in [5, 5.41) is 15.1. The topological polar surface area (TPSA) is 44.6 Å². The molecule has 1 aromatic rings. The van der Waals surface area contributed by atoms with E-state index < -0.39 is 11.6 Å². The van der Waals surface area contributed by atoms with E-state index >= 15 is 0 Å². The molecule has 0 aliphatic heterocycles. The average Bonchev–Trinajstić information content (AvgIpc) is 2.44. The maximum atomic E-state index is 13.1. The monoisotopic (exact) mass is 282 g/mol. The van der Waals surface area contributed by atoms with Crippen LogP contribution < -0.4 is 5.32 Å². The van der Waals surface area contributed by atoms with Crippen LogP contribution in [0.2, 0.25) is 0 Å². The molecule has 0 amide bonds. The molecule has 1 fully saturated rings. The highest BCUT2D eigenvalue weighted by Gasteiger charge is 2.20. The Balaban J connectivity index is 1.94. The Morgan fingerprint density at radius 1 is 1.25 bits per heavy atom. The van der Waals surface area contributed by atoms with Crippen LogP contribution >= 0.6 is 0 Å². The SMILES string of the molecule is C[C@H]1CC[C@@H](C/C(=N/O)Nc2ccc(F)c(F)c2)CC1. The van der Waals surface area contributed by atoms with Crippen molar-refractivity contribution in [2.45, 2.75) is 39.0 Å². The molecular formula is C15H20F2N2O. The number of hydrogen-bond donors (Lipinski definition) is 2. The lowest BCUT2D eigenvalue weighted by Gasteiger charge is -2.26. The van der Waals surface area contributed by atoms with Crippen molar-refractivity contribution < 1.29 is 14.0 Å². The molecule has 0 bridgehead atoms. The van der Waals surface area contributed by atoms with Gasteiger partial charge in [-0.3, -0.25) is 0 Å². The molecule has 0 unspecified atom stereocenters. The summed E-state index contributed by atoms with van der Waals surface area (Å²) in [6.45, 7) is 2.25. The van der Waals surface area contributed by atoms with Gasteiger partial charge in [0.2, 0.25) is 0 Å². The number of hydrogen-bond acceptors (Lipinski definition) is 2. The lowest BCUT2D eigenvalue weighted by molar-refractivity contribution is 0.287. The summed E-state index contributed by atoms with van der Waals surface area (Å²) >= 11 is 0. The summed E-state index contributed by atoms with van der Waals surface area (Å²) in [5.41, 5.74) is 0.390. The molecule has 0 heterocycles. The van der Waals surface area contributed by atoms with Crippen LogP contribution in [0.15, 0.2) is 23.4 Å². The molecule has 0 radical (unpaired) electrons. The van der Waals surface area contributed by atoms with Crippen molar-refractivity contribution in [1.29, 1.82) is 0 Å². The molecular weight excluding hydrogens is 262 g/mol. The quantitative estimate of drug-likeness (QED) is 0.374. The van der Waals surface area contributed by atoms with E-state index in [4.69, 9.17) is 5.21 Å². The highest BCUT2D eigenvalue weighted by atomic mass is 19.2. The molecule has 0 atom stereocenters. The van der Waals surface area contributed by atoms with Gasteiger partial charge >= 0.3 is 0 Å². The number of amidine groups is 1. The van der Waals surface area contributed by atoms with Gasteiger partial charge in [-0.05, 0) is 36.8 Å². The lowest BCUT2D eigenvalue weighted by Crippen LogP contribution is -2.20. The fourth-order valence-electron chi connectivity index (χ4n) is 2.66. The summed E-state index contributed by atoms with van der Waals surface area (Å²) in [6.07, 6.45) is 5.23. The molecule has 2 rings (SSSR count). The lowest BCUT2D eigenvalue weighted by atomic mass is 9.81. The van der Waals surface area contributed by atoms with E-state index in [0.29, 0.717) is 23.9 Å². The van der Waals surface area contributed by atoms with Crippen molar-refractivity contribution in [3.8, 4) is 0 Å². The fraction of sp³-hybridized carbons (Fsp3) is 0.533. The maximum Gasteiger partial charge on any atom is 0.160 e. The van der Waals surface area contributed by atoms with E-state index in [1.165, 1.54) is 18.9 Å². The molecule has 5 heteroatoms. The van der Waals surface area contributed by atoms with Crippen LogP contribution in [-0.2, 0) is 0 Å². The summed E-state index contributed by atoms with van der Waals surface area (Å²) < 4.78 is 26.0. The fourth-order valence-corrected chi connectivity index (χ4v) is 2.66. The second-order valence-electron chi connectivity index (χ2n) is 5.63. The Hall–Kier alpha value is -1.65. The van der Waals surface area contributed by atoms with Crippen molar-refractivity contribution in [2.75, 3.05) is 5.32 Å². The second kappa shape index (κ2) is 6.68. The normalized spacial score (nSPS) is 23.6. The van der Waals surface area contributed by atoms with Crippen molar-refractivity contribution in [2.24, 2.45) is 17.0 Å². The Bertz CT molecular complexity index is 483. The summed E-state index contributed by atoms with van der Waals surface area (Å²) in [7, 11) is 0. The van der Waals surface area contributed by atoms with Crippen molar-refractivity contribution in [3.63, 3.8) is 0 Å². The van der Waals surface area contributed by atoms with Gasteiger partial charge in [0.1, 0.15) is 5.84 Å². The molecule has 110 valence electrons. The largest absolute Gasteiger partial charge is 0.409 e. The van der Waals surface area contributed by atoms with Crippen LogP contribution in [0.25, 0.3) is 0 Å². The molecule has 3 nitrogen and oxygen atoms in total. The highest BCUT2D eigenvalue weighted by molar-refractivity contribution is 5.95. The zero-order chi connectivity index (χ0) is 14.5. The number of oxime groups is 1. The minimum absolute atomic E-state index is 0.390. The zero-order valence-corrected chi connectivity index (χ0v) is 11.6. The average molecular weight is 282 g/mol. The number of nitrogens with one attached hydrogen (secondary N) is 1. The maximum absolute atomic E-state index is 13.1. The first kappa shape index (κ1) is 14.8. The third-order valence-electron chi connectivity index (χ3n) is 3.95. The first-order valence-electron chi connectivity index (χ1n) is 7.01. The number of halogens is 2. The first-order chi connectivity index (χ1) is 9.58. The number of nitrogens with zero attached hydrogens (tertiary/aromatic N) is 1. The van der Waals surface area contributed by atoms with E-state index in [9.17, 15) is 8.78 Å². The van der Waals surface area contributed by atoms with Gasteiger partial charge in [0.25, 0.3) is 0 Å². The van der Waals surface area contributed by atoms with Crippen LogP contribution in [0.5, 0.6) is 0 Å². The third-order valence-corrected chi connectivity index (χ3v) is 3.95. The number of benzene rings is 1. The standard InChI is InChI=1S/C15H20F2N2O/c1-10-2-4-11(5-3-10)8-15(19-20)18-12-6-7-13(16)14(17)9-12/h6-7,9-11,20H,2-5,8H2,1H3,(H,18,19)/t10-,11+. The van der Waals surface area contributed by atoms with E-state index in [2.05, 4.69) is 17.4 Å². The molecule has 0 aromatic heterocycles. The van der Waals surface area contributed by atoms with Gasteiger partial charge in [-0.15, -0.1) is 0 Å². The van der Waals surface area contributed by atoms with Gasteiger partial charge in [-0.2, -0.15) is 0 Å². The van der Waals surface area contributed by atoms with Gasteiger partial charge in [-0.1, -0.05) is 24.9 Å². The second-order valence-corrected chi connectivity index (χ2v) is 5.63. The Morgan fingerprint density at radius 2 is 1.95 bits per heavy atom. The minimum Gasteiger partial charge on any atom is -0.409 e. The molecule has 20 heavy (non-hydrogen) atoms. The first-order valence-corrected chi connectivity index (χ1v) is 7.01. The summed E-state index contributed by atoms with van der Waals surface area (Å²) in [6, 6.07) is 3.53. The predicted octanol–water partition coefficient (Wildman–Crippen LogP) is 4.38. The van der Waals surface area contributed by atoms with Gasteiger partial charge in [0, 0.05) is 18.2 Å². The van der Waals surface area contributed by atoms with Gasteiger partial charge < -0.3 is 10.5 Å². The molecule has 2 N–H and O–H groups in total. The van der Waals surface area contributed by atoms with Crippen LogP contribution in [0, 0.1) is 23.5 Å². The smallest absolute Gasteiger partial charge is 0.160 e. The van der Waals surface area contributed by atoms with E-state index in [1.54, 1.807) is 0 Å². The number of anilines is 1. The van der Waals surface area contributed by atoms with Crippen molar-refractivity contribution in [1.82, 2.24) is 0 Å². The Labute approximate surface area is 117 Å². The molecule has 0 saturated heterocycles.